The van der Waals surface area contributed by atoms with Crippen molar-refractivity contribution in [3.8, 4) is 0 Å². The van der Waals surface area contributed by atoms with Gasteiger partial charge in [-0.2, -0.15) is 0 Å². The van der Waals surface area contributed by atoms with Crippen LogP contribution in [0.3, 0.4) is 0 Å². The molecule has 0 aliphatic carbocycles. The van der Waals surface area contributed by atoms with E-state index in [1.54, 1.807) is 0 Å². The van der Waals surface area contributed by atoms with E-state index in [1.165, 1.54) is 43.1 Å². The van der Waals surface area contributed by atoms with E-state index in [0.29, 0.717) is 0 Å². The molecule has 5 heteroatoms. The molecule has 0 aliphatic rings. The second-order valence-electron chi connectivity index (χ2n) is 8.58. The molecular formula is C31H24Cl2N2Ti-2. The predicted molar refractivity (Wildman–Crippen MR) is 155 cm³/mol. The van der Waals surface area contributed by atoms with Gasteiger partial charge < -0.3 is 10.6 Å². The second kappa shape index (κ2) is 12.0. The second-order valence-corrected chi connectivity index (χ2v) is 11.2. The fraction of sp³-hybridized carbons (Fsp3) is 0.0968. The molecule has 0 N–H and O–H groups in total. The summed E-state index contributed by atoms with van der Waals surface area (Å²) in [5.41, 5.74) is 2.13. The molecule has 0 aromatic heterocycles. The van der Waals surface area contributed by atoms with Crippen LogP contribution in [-0.2, 0) is 17.0 Å². The number of benzene rings is 6. The number of hydrogen-bond acceptors (Lipinski definition) is 0. The average Bonchev–Trinajstić information content (AvgIpc) is 2.91. The molecule has 6 rings (SSSR count). The Kier molecular flexibility index (Phi) is 8.30. The Hall–Kier alpha value is -2.75. The van der Waals surface area contributed by atoms with Crippen LogP contribution in [0.2, 0.25) is 0 Å². The van der Waals surface area contributed by atoms with E-state index in [-0.39, 0.29) is 0 Å². The third kappa shape index (κ3) is 5.63. The molecule has 6 aromatic rings. The smallest absolute Gasteiger partial charge is 0.0178 e. The third-order valence-corrected chi connectivity index (χ3v) is 6.33. The molecule has 0 spiro atoms. The summed E-state index contributed by atoms with van der Waals surface area (Å²) in [6, 6.07) is 38.8. The van der Waals surface area contributed by atoms with E-state index in [0.717, 1.165) is 30.9 Å². The first-order valence-corrected chi connectivity index (χ1v) is 16.2. The maximum atomic E-state index is 4.92. The summed E-state index contributed by atoms with van der Waals surface area (Å²) in [4.78, 5) is 0. The van der Waals surface area contributed by atoms with E-state index in [1.807, 2.05) is 0 Å². The van der Waals surface area contributed by atoms with Crippen molar-refractivity contribution in [3.63, 3.8) is 0 Å². The zero-order valence-electron chi connectivity index (χ0n) is 19.7. The first kappa shape index (κ1) is 24.9. The molecule has 0 aliphatic heterocycles. The Labute approximate surface area is 228 Å². The quantitative estimate of drug-likeness (QED) is 0.114. The van der Waals surface area contributed by atoms with Gasteiger partial charge in [-0.25, -0.2) is 0 Å². The Morgan fingerprint density at radius 3 is 1.25 bits per heavy atom. The molecule has 0 atom stereocenters. The Bertz CT molecular complexity index is 1510. The SMILES string of the molecule is [Cl][Ti][Cl].c1ccc2cc3c([N-]CCC[N-]c4cccc5cc6ccccc6cc45)cccc3cc2c1. The summed E-state index contributed by atoms with van der Waals surface area (Å²) in [5.74, 6) is 0. The van der Waals surface area contributed by atoms with Gasteiger partial charge in [0.1, 0.15) is 0 Å². The third-order valence-electron chi connectivity index (χ3n) is 6.33. The summed E-state index contributed by atoms with van der Waals surface area (Å²) in [5, 5.41) is 19.8. The summed E-state index contributed by atoms with van der Waals surface area (Å²) in [6.45, 7) is 1.53. The van der Waals surface area contributed by atoms with Crippen LogP contribution in [0.1, 0.15) is 6.42 Å². The molecule has 178 valence electrons. The summed E-state index contributed by atoms with van der Waals surface area (Å²) in [6.07, 6.45) is 0.925. The van der Waals surface area contributed by atoms with E-state index >= 15 is 0 Å². The molecule has 0 bridgehead atoms. The minimum absolute atomic E-state index is 0.556. The van der Waals surface area contributed by atoms with Gasteiger partial charge in [-0.3, -0.25) is 0 Å². The molecule has 0 saturated heterocycles. The van der Waals surface area contributed by atoms with Crippen LogP contribution in [-0.4, -0.2) is 13.1 Å². The van der Waals surface area contributed by atoms with Gasteiger partial charge in [0.2, 0.25) is 0 Å². The first-order chi connectivity index (χ1) is 17.8. The fourth-order valence-electron chi connectivity index (χ4n) is 4.65. The summed E-state index contributed by atoms with van der Waals surface area (Å²) < 4.78 is 0. The van der Waals surface area contributed by atoms with Crippen molar-refractivity contribution >= 4 is 73.1 Å². The number of fused-ring (bicyclic) bond motifs is 4. The first-order valence-electron chi connectivity index (χ1n) is 11.9. The largest absolute Gasteiger partial charge is 0.684 e. The van der Waals surface area contributed by atoms with Gasteiger partial charge in [0.05, 0.1) is 0 Å². The van der Waals surface area contributed by atoms with Crippen molar-refractivity contribution in [2.24, 2.45) is 0 Å². The van der Waals surface area contributed by atoms with Crippen molar-refractivity contribution in [2.75, 3.05) is 13.1 Å². The number of nitrogens with zero attached hydrogens (tertiary/aromatic N) is 2. The van der Waals surface area contributed by atoms with Crippen LogP contribution in [0.25, 0.3) is 53.7 Å². The van der Waals surface area contributed by atoms with Gasteiger partial charge in [0.15, 0.2) is 0 Å². The van der Waals surface area contributed by atoms with Crippen molar-refractivity contribution in [2.45, 2.75) is 6.42 Å². The number of rotatable bonds is 6. The zero-order chi connectivity index (χ0) is 24.7. The van der Waals surface area contributed by atoms with E-state index in [9.17, 15) is 0 Å². The topological polar surface area (TPSA) is 28.2 Å². The molecule has 0 amide bonds. The summed E-state index contributed by atoms with van der Waals surface area (Å²) >= 11 is -0.556. The van der Waals surface area contributed by atoms with Crippen molar-refractivity contribution < 1.29 is 17.0 Å². The van der Waals surface area contributed by atoms with E-state index < -0.39 is 17.0 Å². The van der Waals surface area contributed by atoms with Crippen LogP contribution in [0, 0.1) is 0 Å². The maximum Gasteiger partial charge on any atom is -0.0178 e. The minimum atomic E-state index is -0.556. The molecule has 6 aromatic carbocycles. The van der Waals surface area contributed by atoms with Gasteiger partial charge in [-0.1, -0.05) is 91.3 Å². The molecular weight excluding hydrogens is 519 g/mol. The van der Waals surface area contributed by atoms with Crippen LogP contribution < -0.4 is 0 Å². The van der Waals surface area contributed by atoms with Gasteiger partial charge in [-0.15, -0.1) is 24.5 Å². The standard InChI is InChI=1S/C31H24N2.2ClH.Ti/c1-3-10-24-20-28-26(18-22(24)8-1)12-5-14-30(28)32-16-7-17-33-31-15-6-13-27-19-23-9-2-4-11-25(23)21-29(27)31;;;/h1-6,8-15,18-21H,7,16-17H2;2*1H;/q-2;;;+2/p-2. The molecule has 0 radical (unpaired) electrons. The molecule has 0 fully saturated rings. The van der Waals surface area contributed by atoms with Gasteiger partial charge in [0.25, 0.3) is 0 Å². The van der Waals surface area contributed by atoms with Crippen molar-refractivity contribution in [3.05, 3.63) is 120 Å². The fourth-order valence-corrected chi connectivity index (χ4v) is 4.65. The van der Waals surface area contributed by atoms with E-state index in [4.69, 9.17) is 29.2 Å². The molecule has 0 heterocycles. The maximum absolute atomic E-state index is 4.92. The van der Waals surface area contributed by atoms with Gasteiger partial charge in [-0.05, 0) is 67.4 Å². The molecule has 0 saturated carbocycles. The van der Waals surface area contributed by atoms with Crippen LogP contribution >= 0.6 is 18.6 Å². The Morgan fingerprint density at radius 2 is 0.833 bits per heavy atom. The van der Waals surface area contributed by atoms with Crippen LogP contribution in [0.4, 0.5) is 11.4 Å². The van der Waals surface area contributed by atoms with Crippen molar-refractivity contribution in [1.82, 2.24) is 0 Å². The number of halogens is 2. The average molecular weight is 543 g/mol. The zero-order valence-corrected chi connectivity index (χ0v) is 22.7. The number of hydrogen-bond donors (Lipinski definition) is 0. The van der Waals surface area contributed by atoms with E-state index in [2.05, 4.69) is 109 Å². The Morgan fingerprint density at radius 1 is 0.472 bits per heavy atom. The van der Waals surface area contributed by atoms with Gasteiger partial charge in [0, 0.05) is 0 Å². The predicted octanol–water partition coefficient (Wildman–Crippen LogP) is 10.8. The van der Waals surface area contributed by atoms with Crippen LogP contribution in [0.5, 0.6) is 0 Å². The Balaban J connectivity index is 0.000000848. The minimum Gasteiger partial charge on any atom is -0.684 e. The van der Waals surface area contributed by atoms with Crippen LogP contribution in [0.15, 0.2) is 109 Å². The normalized spacial score (nSPS) is 10.8. The summed E-state index contributed by atoms with van der Waals surface area (Å²) in [7, 11) is 9.78. The molecule has 0 unspecified atom stereocenters. The van der Waals surface area contributed by atoms with Crippen molar-refractivity contribution in [1.29, 1.82) is 0 Å². The monoisotopic (exact) mass is 542 g/mol. The van der Waals surface area contributed by atoms with Gasteiger partial charge >= 0.3 is 35.6 Å². The molecule has 2 nitrogen and oxygen atoms in total. The molecule has 36 heavy (non-hydrogen) atoms.